The molecule has 2 aromatic carbocycles. The van der Waals surface area contributed by atoms with Crippen molar-refractivity contribution in [3.8, 4) is 0 Å². The summed E-state index contributed by atoms with van der Waals surface area (Å²) in [7, 11) is -3.62. The van der Waals surface area contributed by atoms with Crippen LogP contribution in [0.15, 0.2) is 47.4 Å². The molecule has 31 heavy (non-hydrogen) atoms. The Morgan fingerprint density at radius 3 is 2.42 bits per heavy atom. The lowest BCUT2D eigenvalue weighted by molar-refractivity contribution is -0.116. The van der Waals surface area contributed by atoms with Crippen molar-refractivity contribution in [2.75, 3.05) is 43.0 Å². The van der Waals surface area contributed by atoms with Gasteiger partial charge in [-0.1, -0.05) is 18.2 Å². The molecule has 0 saturated carbocycles. The van der Waals surface area contributed by atoms with E-state index in [1.54, 1.807) is 18.2 Å². The minimum absolute atomic E-state index is 0.0489. The van der Waals surface area contributed by atoms with E-state index in [2.05, 4.69) is 14.9 Å². The van der Waals surface area contributed by atoms with Crippen LogP contribution in [0.3, 0.4) is 0 Å². The lowest BCUT2D eigenvalue weighted by atomic mass is 10.1. The lowest BCUT2D eigenvalue weighted by Gasteiger charge is -2.26. The maximum atomic E-state index is 12.4. The Labute approximate surface area is 189 Å². The van der Waals surface area contributed by atoms with Crippen LogP contribution in [0.1, 0.15) is 23.1 Å². The number of nitrogens with zero attached hydrogens (tertiary/aromatic N) is 1. The van der Waals surface area contributed by atoms with Gasteiger partial charge in [0.05, 0.1) is 4.90 Å². The van der Waals surface area contributed by atoms with Crippen molar-refractivity contribution in [2.24, 2.45) is 0 Å². The number of amides is 1. The number of rotatable bonds is 9. The van der Waals surface area contributed by atoms with Gasteiger partial charge in [0, 0.05) is 49.8 Å². The molecule has 1 saturated heterocycles. The number of nitrogens with one attached hydrogen (secondary N) is 2. The number of hydrogen-bond acceptors (Lipinski definition) is 5. The van der Waals surface area contributed by atoms with Crippen molar-refractivity contribution in [2.45, 2.75) is 31.6 Å². The molecule has 1 amide bonds. The number of sulfonamides is 1. The van der Waals surface area contributed by atoms with Gasteiger partial charge in [0.2, 0.25) is 15.9 Å². The highest BCUT2D eigenvalue weighted by atomic mass is 32.2. The third-order valence-corrected chi connectivity index (χ3v) is 7.89. The lowest BCUT2D eigenvalue weighted by Crippen LogP contribution is -2.34. The Morgan fingerprint density at radius 2 is 1.74 bits per heavy atom. The quantitative estimate of drug-likeness (QED) is 0.600. The predicted molar refractivity (Wildman–Crippen MR) is 128 cm³/mol. The molecule has 0 aliphatic carbocycles. The van der Waals surface area contributed by atoms with Crippen LogP contribution in [0, 0.1) is 13.8 Å². The van der Waals surface area contributed by atoms with E-state index in [1.807, 2.05) is 49.9 Å². The number of benzene rings is 2. The monoisotopic (exact) mass is 461 g/mol. The van der Waals surface area contributed by atoms with Crippen LogP contribution in [0.2, 0.25) is 0 Å². The fraction of sp³-hybridized carbons (Fsp3) is 0.435. The van der Waals surface area contributed by atoms with Crippen molar-refractivity contribution >= 4 is 33.4 Å². The molecule has 1 heterocycles. The maximum absolute atomic E-state index is 12.4. The molecule has 2 N–H and O–H groups in total. The largest absolute Gasteiger partial charge is 0.326 e. The van der Waals surface area contributed by atoms with Gasteiger partial charge in [-0.2, -0.15) is 11.8 Å². The zero-order chi connectivity index (χ0) is 22.3. The standard InChI is InChI=1S/C23H31N3O3S2/c1-18-3-8-22(17-19(18)2)31(28,29)24-11-9-23(27)25-21-6-4-20(5-7-21)10-12-26-13-15-30-16-14-26/h3-8,17,24H,9-16H2,1-2H3,(H,25,27). The van der Waals surface area contributed by atoms with E-state index in [4.69, 9.17) is 0 Å². The maximum Gasteiger partial charge on any atom is 0.240 e. The fourth-order valence-corrected chi connectivity index (χ4v) is 5.45. The number of hydrogen-bond donors (Lipinski definition) is 2. The van der Waals surface area contributed by atoms with Gasteiger partial charge < -0.3 is 10.2 Å². The molecule has 3 rings (SSSR count). The molecule has 0 bridgehead atoms. The highest BCUT2D eigenvalue weighted by Crippen LogP contribution is 2.15. The van der Waals surface area contributed by atoms with Crippen molar-refractivity contribution in [1.82, 2.24) is 9.62 Å². The molecule has 0 spiro atoms. The van der Waals surface area contributed by atoms with Crippen molar-refractivity contribution in [3.63, 3.8) is 0 Å². The van der Waals surface area contributed by atoms with Gasteiger partial charge in [0.25, 0.3) is 0 Å². The smallest absolute Gasteiger partial charge is 0.240 e. The zero-order valence-electron chi connectivity index (χ0n) is 18.2. The molecule has 0 atom stereocenters. The average Bonchev–Trinajstić information content (AvgIpc) is 2.75. The highest BCUT2D eigenvalue weighted by molar-refractivity contribution is 7.99. The van der Waals surface area contributed by atoms with Gasteiger partial charge >= 0.3 is 0 Å². The van der Waals surface area contributed by atoms with Crippen LogP contribution in [0.4, 0.5) is 5.69 Å². The predicted octanol–water partition coefficient (Wildman–Crippen LogP) is 3.20. The van der Waals surface area contributed by atoms with Crippen LogP contribution in [-0.2, 0) is 21.2 Å². The third kappa shape index (κ3) is 7.35. The number of carbonyl (C=O) groups is 1. The van der Waals surface area contributed by atoms with E-state index in [0.717, 1.165) is 42.9 Å². The molecule has 1 fully saturated rings. The molecular formula is C23H31N3O3S2. The van der Waals surface area contributed by atoms with Gasteiger partial charge in [-0.05, 0) is 61.2 Å². The van der Waals surface area contributed by atoms with Gasteiger partial charge in [-0.25, -0.2) is 13.1 Å². The second-order valence-corrected chi connectivity index (χ2v) is 10.8. The van der Waals surface area contributed by atoms with Gasteiger partial charge in [0.15, 0.2) is 0 Å². The Bertz CT molecular complexity index is 986. The number of anilines is 1. The minimum atomic E-state index is -3.62. The van der Waals surface area contributed by atoms with Gasteiger partial charge in [-0.3, -0.25) is 4.79 Å². The zero-order valence-corrected chi connectivity index (χ0v) is 19.8. The third-order valence-electron chi connectivity index (χ3n) is 5.49. The second kappa shape index (κ2) is 11.1. The Balaban J connectivity index is 1.42. The minimum Gasteiger partial charge on any atom is -0.326 e. The molecule has 8 heteroatoms. The molecule has 2 aromatic rings. The molecule has 6 nitrogen and oxygen atoms in total. The average molecular weight is 462 g/mol. The molecule has 1 aliphatic rings. The van der Waals surface area contributed by atoms with Crippen LogP contribution in [0.5, 0.6) is 0 Å². The summed E-state index contributed by atoms with van der Waals surface area (Å²) in [5.74, 6) is 2.21. The topological polar surface area (TPSA) is 78.5 Å². The summed E-state index contributed by atoms with van der Waals surface area (Å²) in [5, 5.41) is 2.83. The number of carbonyl (C=O) groups excluding carboxylic acids is 1. The first kappa shape index (κ1) is 23.8. The van der Waals surface area contributed by atoms with Crippen LogP contribution in [0.25, 0.3) is 0 Å². The number of aryl methyl sites for hydroxylation is 2. The van der Waals surface area contributed by atoms with E-state index < -0.39 is 10.0 Å². The highest BCUT2D eigenvalue weighted by Gasteiger charge is 2.15. The van der Waals surface area contributed by atoms with Crippen molar-refractivity contribution in [1.29, 1.82) is 0 Å². The van der Waals surface area contributed by atoms with E-state index in [9.17, 15) is 13.2 Å². The molecular weight excluding hydrogens is 430 g/mol. The Hall–Kier alpha value is -1.87. The van der Waals surface area contributed by atoms with Gasteiger partial charge in [0.1, 0.15) is 0 Å². The summed E-state index contributed by atoms with van der Waals surface area (Å²) in [6.45, 7) is 7.24. The first-order valence-electron chi connectivity index (χ1n) is 10.6. The summed E-state index contributed by atoms with van der Waals surface area (Å²) < 4.78 is 27.3. The van der Waals surface area contributed by atoms with Crippen LogP contribution >= 0.6 is 11.8 Å². The van der Waals surface area contributed by atoms with Crippen LogP contribution in [-0.4, -0.2) is 56.9 Å². The summed E-state index contributed by atoms with van der Waals surface area (Å²) >= 11 is 2.01. The fourth-order valence-electron chi connectivity index (χ4n) is 3.35. The normalized spacial score (nSPS) is 15.0. The molecule has 0 aromatic heterocycles. The Morgan fingerprint density at radius 1 is 1.03 bits per heavy atom. The first-order valence-corrected chi connectivity index (χ1v) is 13.2. The first-order chi connectivity index (χ1) is 14.8. The van der Waals surface area contributed by atoms with E-state index in [1.165, 1.54) is 17.1 Å². The Kier molecular flexibility index (Phi) is 8.54. The summed E-state index contributed by atoms with van der Waals surface area (Å²) in [6.07, 6.45) is 1.07. The SMILES string of the molecule is Cc1ccc(S(=O)(=O)NCCC(=O)Nc2ccc(CCN3CCSCC3)cc2)cc1C. The van der Waals surface area contributed by atoms with Crippen LogP contribution < -0.4 is 10.0 Å². The summed E-state index contributed by atoms with van der Waals surface area (Å²) in [6, 6.07) is 12.9. The molecule has 1 aliphatic heterocycles. The summed E-state index contributed by atoms with van der Waals surface area (Å²) in [4.78, 5) is 14.9. The second-order valence-electron chi connectivity index (χ2n) is 7.84. The van der Waals surface area contributed by atoms with Crippen molar-refractivity contribution < 1.29 is 13.2 Å². The van der Waals surface area contributed by atoms with Crippen molar-refractivity contribution in [3.05, 3.63) is 59.2 Å². The number of thioether (sulfide) groups is 1. The van der Waals surface area contributed by atoms with E-state index in [-0.39, 0.29) is 23.8 Å². The molecule has 0 radical (unpaired) electrons. The van der Waals surface area contributed by atoms with Gasteiger partial charge in [-0.15, -0.1) is 0 Å². The molecule has 168 valence electrons. The van der Waals surface area contributed by atoms with E-state index in [0.29, 0.717) is 0 Å². The molecule has 0 unspecified atom stereocenters. The summed E-state index contributed by atoms with van der Waals surface area (Å²) in [5.41, 5.74) is 3.92. The van der Waals surface area contributed by atoms with E-state index >= 15 is 0 Å².